The molecule has 1 aliphatic heterocycles. The number of piperazine rings is 1. The second-order valence-corrected chi connectivity index (χ2v) is 5.09. The van der Waals surface area contributed by atoms with Gasteiger partial charge in [0.2, 0.25) is 5.91 Å². The number of carbonyl (C=O) groups is 1. The molecular weight excluding hydrogens is 264 g/mol. The zero-order chi connectivity index (χ0) is 14.7. The van der Waals surface area contributed by atoms with Gasteiger partial charge in [0.1, 0.15) is 11.6 Å². The maximum atomic E-state index is 13.8. The van der Waals surface area contributed by atoms with Crippen LogP contribution in [0.1, 0.15) is 18.5 Å². The van der Waals surface area contributed by atoms with Crippen LogP contribution in [0.4, 0.5) is 8.78 Å². The molecule has 0 spiro atoms. The first-order valence-electron chi connectivity index (χ1n) is 6.67. The molecule has 0 aromatic heterocycles. The molecular formula is C14H19F2N3O. The van der Waals surface area contributed by atoms with Crippen LogP contribution in [0.3, 0.4) is 0 Å². The van der Waals surface area contributed by atoms with Crippen molar-refractivity contribution in [2.45, 2.75) is 13.0 Å². The molecule has 2 N–H and O–H groups in total. The molecule has 1 aromatic carbocycles. The monoisotopic (exact) mass is 283 g/mol. The Morgan fingerprint density at radius 3 is 2.30 bits per heavy atom. The lowest BCUT2D eigenvalue weighted by Crippen LogP contribution is -2.49. The van der Waals surface area contributed by atoms with Crippen molar-refractivity contribution in [3.05, 3.63) is 35.4 Å². The molecule has 6 heteroatoms. The molecule has 0 aliphatic carbocycles. The van der Waals surface area contributed by atoms with E-state index in [1.165, 1.54) is 18.2 Å². The second-order valence-electron chi connectivity index (χ2n) is 5.09. The van der Waals surface area contributed by atoms with Gasteiger partial charge in [-0.05, 0) is 19.1 Å². The summed E-state index contributed by atoms with van der Waals surface area (Å²) >= 11 is 0. The van der Waals surface area contributed by atoms with Crippen molar-refractivity contribution < 1.29 is 13.6 Å². The van der Waals surface area contributed by atoms with Crippen LogP contribution in [-0.4, -0.2) is 48.4 Å². The normalized spacial score (nSPS) is 18.9. The predicted molar refractivity (Wildman–Crippen MR) is 72.0 cm³/mol. The molecule has 110 valence electrons. The molecule has 20 heavy (non-hydrogen) atoms. The quantitative estimate of drug-likeness (QED) is 0.901. The first-order valence-corrected chi connectivity index (χ1v) is 6.67. The zero-order valence-corrected chi connectivity index (χ0v) is 11.5. The van der Waals surface area contributed by atoms with Crippen molar-refractivity contribution in [3.63, 3.8) is 0 Å². The first kappa shape index (κ1) is 14.9. The molecule has 1 fully saturated rings. The molecule has 1 aliphatic rings. The van der Waals surface area contributed by atoms with E-state index in [9.17, 15) is 13.6 Å². The van der Waals surface area contributed by atoms with Gasteiger partial charge >= 0.3 is 0 Å². The molecule has 1 aromatic rings. The zero-order valence-electron chi connectivity index (χ0n) is 11.5. The highest BCUT2D eigenvalue weighted by molar-refractivity contribution is 5.75. The number of rotatable bonds is 4. The van der Waals surface area contributed by atoms with Crippen molar-refractivity contribution in [1.29, 1.82) is 0 Å². The molecule has 1 heterocycles. The standard InChI is InChI=1S/C14H19F2N3O/c1-10(14-11(15)3-2-4-12(14)16)19-7-5-18(6-8-19)9-13(17)20/h2-4,10H,5-9H2,1H3,(H2,17,20). The fourth-order valence-corrected chi connectivity index (χ4v) is 2.62. The summed E-state index contributed by atoms with van der Waals surface area (Å²) in [6.45, 7) is 4.68. The van der Waals surface area contributed by atoms with Gasteiger partial charge < -0.3 is 5.73 Å². The van der Waals surface area contributed by atoms with Gasteiger partial charge in [-0.15, -0.1) is 0 Å². The Hall–Kier alpha value is -1.53. The molecule has 0 saturated carbocycles. The van der Waals surface area contributed by atoms with Gasteiger partial charge in [-0.2, -0.15) is 0 Å². The lowest BCUT2D eigenvalue weighted by Gasteiger charge is -2.37. The van der Waals surface area contributed by atoms with Crippen LogP contribution in [-0.2, 0) is 4.79 Å². The Bertz CT molecular complexity index is 467. The number of nitrogens with zero attached hydrogens (tertiary/aromatic N) is 2. The average Bonchev–Trinajstić information content (AvgIpc) is 2.38. The van der Waals surface area contributed by atoms with E-state index in [0.717, 1.165) is 0 Å². The summed E-state index contributed by atoms with van der Waals surface area (Å²) in [5.41, 5.74) is 5.26. The first-order chi connectivity index (χ1) is 9.49. The van der Waals surface area contributed by atoms with Gasteiger partial charge in [0.25, 0.3) is 0 Å². The van der Waals surface area contributed by atoms with Gasteiger partial charge in [-0.3, -0.25) is 14.6 Å². The van der Waals surface area contributed by atoms with Gasteiger partial charge in [-0.25, -0.2) is 8.78 Å². The van der Waals surface area contributed by atoms with E-state index in [4.69, 9.17) is 5.73 Å². The minimum Gasteiger partial charge on any atom is -0.369 e. The molecule has 4 nitrogen and oxygen atoms in total. The molecule has 0 bridgehead atoms. The summed E-state index contributed by atoms with van der Waals surface area (Å²) in [4.78, 5) is 14.8. The minimum atomic E-state index is -0.517. The van der Waals surface area contributed by atoms with Crippen LogP contribution in [0.15, 0.2) is 18.2 Å². The number of halogens is 2. The molecule has 1 amide bonds. The molecule has 1 saturated heterocycles. The van der Waals surface area contributed by atoms with E-state index in [-0.39, 0.29) is 24.1 Å². The van der Waals surface area contributed by atoms with Crippen LogP contribution in [0, 0.1) is 11.6 Å². The van der Waals surface area contributed by atoms with Gasteiger partial charge in [0, 0.05) is 37.8 Å². The van der Waals surface area contributed by atoms with E-state index in [0.29, 0.717) is 26.2 Å². The molecule has 1 atom stereocenters. The van der Waals surface area contributed by atoms with Gasteiger partial charge in [0.05, 0.1) is 6.54 Å². The summed E-state index contributed by atoms with van der Waals surface area (Å²) in [6, 6.07) is 3.59. The minimum absolute atomic E-state index is 0.107. The van der Waals surface area contributed by atoms with Gasteiger partial charge in [0.15, 0.2) is 0 Å². The summed E-state index contributed by atoms with van der Waals surface area (Å²) < 4.78 is 27.5. The Labute approximate surface area is 117 Å². The lowest BCUT2D eigenvalue weighted by molar-refractivity contribution is -0.119. The van der Waals surface area contributed by atoms with E-state index in [2.05, 4.69) is 0 Å². The fourth-order valence-electron chi connectivity index (χ4n) is 2.62. The Balaban J connectivity index is 2.01. The third kappa shape index (κ3) is 3.32. The molecule has 0 radical (unpaired) electrons. The Morgan fingerprint density at radius 2 is 1.80 bits per heavy atom. The van der Waals surface area contributed by atoms with Gasteiger partial charge in [-0.1, -0.05) is 6.07 Å². The maximum Gasteiger partial charge on any atom is 0.231 e. The van der Waals surface area contributed by atoms with E-state index >= 15 is 0 Å². The average molecular weight is 283 g/mol. The Kier molecular flexibility index (Phi) is 4.67. The summed E-state index contributed by atoms with van der Waals surface area (Å²) in [7, 11) is 0. The molecule has 1 unspecified atom stereocenters. The number of amides is 1. The molecule has 2 rings (SSSR count). The summed E-state index contributed by atoms with van der Waals surface area (Å²) in [5.74, 6) is -1.39. The third-order valence-electron chi connectivity index (χ3n) is 3.75. The number of primary amides is 1. The van der Waals surface area contributed by atoms with Crippen LogP contribution < -0.4 is 5.73 Å². The van der Waals surface area contributed by atoms with Crippen LogP contribution in [0.25, 0.3) is 0 Å². The van der Waals surface area contributed by atoms with Crippen molar-refractivity contribution in [2.75, 3.05) is 32.7 Å². The summed E-state index contributed by atoms with van der Waals surface area (Å²) in [6.07, 6.45) is 0. The smallest absolute Gasteiger partial charge is 0.231 e. The fraction of sp³-hybridized carbons (Fsp3) is 0.500. The predicted octanol–water partition coefficient (Wildman–Crippen LogP) is 1.13. The van der Waals surface area contributed by atoms with Crippen LogP contribution in [0.5, 0.6) is 0 Å². The van der Waals surface area contributed by atoms with Crippen LogP contribution >= 0.6 is 0 Å². The maximum absolute atomic E-state index is 13.8. The summed E-state index contributed by atoms with van der Waals surface area (Å²) in [5, 5.41) is 0. The van der Waals surface area contributed by atoms with E-state index < -0.39 is 11.6 Å². The SMILES string of the molecule is CC(c1c(F)cccc1F)N1CCN(CC(N)=O)CC1. The highest BCUT2D eigenvalue weighted by Gasteiger charge is 2.26. The van der Waals surface area contributed by atoms with E-state index in [1.807, 2.05) is 9.80 Å². The number of hydrogen-bond donors (Lipinski definition) is 1. The van der Waals surface area contributed by atoms with Crippen LogP contribution in [0.2, 0.25) is 0 Å². The van der Waals surface area contributed by atoms with Crippen molar-refractivity contribution in [2.24, 2.45) is 5.73 Å². The van der Waals surface area contributed by atoms with Crippen molar-refractivity contribution >= 4 is 5.91 Å². The largest absolute Gasteiger partial charge is 0.369 e. The van der Waals surface area contributed by atoms with Crippen molar-refractivity contribution in [3.8, 4) is 0 Å². The topological polar surface area (TPSA) is 49.6 Å². The van der Waals surface area contributed by atoms with E-state index in [1.54, 1.807) is 6.92 Å². The highest BCUT2D eigenvalue weighted by atomic mass is 19.1. The number of hydrogen-bond acceptors (Lipinski definition) is 3. The number of carbonyl (C=O) groups excluding carboxylic acids is 1. The Morgan fingerprint density at radius 1 is 1.25 bits per heavy atom. The third-order valence-corrected chi connectivity index (χ3v) is 3.75. The lowest BCUT2D eigenvalue weighted by atomic mass is 10.0. The second kappa shape index (κ2) is 6.28. The number of benzene rings is 1. The highest BCUT2D eigenvalue weighted by Crippen LogP contribution is 2.26. The number of nitrogens with two attached hydrogens (primary N) is 1. The van der Waals surface area contributed by atoms with Crippen molar-refractivity contribution in [1.82, 2.24) is 9.80 Å².